The van der Waals surface area contributed by atoms with Crippen molar-refractivity contribution in [2.45, 2.75) is 76.8 Å². The highest BCUT2D eigenvalue weighted by Gasteiger charge is 2.57. The molecule has 1 unspecified atom stereocenters. The molecule has 1 saturated heterocycles. The molecule has 6 nitrogen and oxygen atoms in total. The minimum Gasteiger partial charge on any atom is -0.465 e. The summed E-state index contributed by atoms with van der Waals surface area (Å²) in [5, 5.41) is 14.9. The lowest BCUT2D eigenvalue weighted by Crippen LogP contribution is -2.65. The molecule has 0 radical (unpaired) electrons. The molecule has 1 aliphatic heterocycles. The van der Waals surface area contributed by atoms with Crippen molar-refractivity contribution in [3.63, 3.8) is 0 Å². The first-order valence-electron chi connectivity index (χ1n) is 11.2. The number of aromatic amines is 1. The van der Waals surface area contributed by atoms with Gasteiger partial charge in [-0.2, -0.15) is 0 Å². The van der Waals surface area contributed by atoms with Crippen LogP contribution in [0.1, 0.15) is 70.8 Å². The van der Waals surface area contributed by atoms with Crippen LogP contribution < -0.4 is 5.32 Å². The number of carbonyl (C=O) groups is 2. The molecule has 1 aliphatic carbocycles. The summed E-state index contributed by atoms with van der Waals surface area (Å²) in [5.74, 6) is 0.184. The Bertz CT molecular complexity index is 996. The van der Waals surface area contributed by atoms with Crippen LogP contribution in [-0.2, 0) is 4.79 Å². The Labute approximate surface area is 188 Å². The molecule has 31 heavy (non-hydrogen) atoms. The summed E-state index contributed by atoms with van der Waals surface area (Å²) < 4.78 is 0. The van der Waals surface area contributed by atoms with Gasteiger partial charge in [0.05, 0.1) is 0 Å². The van der Waals surface area contributed by atoms with E-state index in [0.29, 0.717) is 25.3 Å². The maximum absolute atomic E-state index is 13.6. The Hall–Kier alpha value is -2.21. The number of aromatic nitrogens is 1. The van der Waals surface area contributed by atoms with Gasteiger partial charge in [0.25, 0.3) is 0 Å². The van der Waals surface area contributed by atoms with Crippen molar-refractivity contribution >= 4 is 34.5 Å². The number of carbonyl (C=O) groups excluding carboxylic acids is 1. The molecule has 168 valence electrons. The van der Waals surface area contributed by atoms with E-state index < -0.39 is 17.0 Å². The van der Waals surface area contributed by atoms with Gasteiger partial charge in [0.2, 0.25) is 5.91 Å². The van der Waals surface area contributed by atoms with Gasteiger partial charge in [-0.3, -0.25) is 9.69 Å². The van der Waals surface area contributed by atoms with E-state index in [4.69, 9.17) is 11.6 Å². The number of carboxylic acid groups (broad SMARTS) is 1. The van der Waals surface area contributed by atoms with Crippen molar-refractivity contribution in [3.05, 3.63) is 35.0 Å². The maximum Gasteiger partial charge on any atom is 0.408 e. The van der Waals surface area contributed by atoms with E-state index in [0.717, 1.165) is 41.6 Å². The van der Waals surface area contributed by atoms with Crippen molar-refractivity contribution in [2.24, 2.45) is 5.41 Å². The molecule has 2 amide bonds. The molecule has 2 heterocycles. The van der Waals surface area contributed by atoms with Crippen molar-refractivity contribution in [2.75, 3.05) is 6.54 Å². The summed E-state index contributed by atoms with van der Waals surface area (Å²) in [6, 6.07) is 5.92. The number of amides is 2. The second-order valence-electron chi connectivity index (χ2n) is 10.1. The summed E-state index contributed by atoms with van der Waals surface area (Å²) in [6.45, 7) is 6.30. The first-order valence-corrected chi connectivity index (χ1v) is 11.6. The molecule has 1 saturated carbocycles. The average Bonchev–Trinajstić information content (AvgIpc) is 3.33. The molecule has 0 spiro atoms. The summed E-state index contributed by atoms with van der Waals surface area (Å²) in [6.07, 6.45) is 6.17. The van der Waals surface area contributed by atoms with Crippen molar-refractivity contribution in [1.29, 1.82) is 0 Å². The van der Waals surface area contributed by atoms with Crippen LogP contribution in [-0.4, -0.2) is 45.1 Å². The number of nitrogens with one attached hydrogen (secondary N) is 2. The minimum atomic E-state index is -1.03. The Morgan fingerprint density at radius 2 is 2.03 bits per heavy atom. The molecule has 7 heteroatoms. The first kappa shape index (κ1) is 22.0. The van der Waals surface area contributed by atoms with E-state index in [1.165, 1.54) is 10.5 Å². The molecule has 3 N–H and O–H groups in total. The van der Waals surface area contributed by atoms with Gasteiger partial charge >= 0.3 is 6.09 Å². The normalized spacial score (nSPS) is 26.9. The number of hydrogen-bond acceptors (Lipinski definition) is 2. The predicted octanol–water partition coefficient (Wildman–Crippen LogP) is 5.52. The zero-order valence-corrected chi connectivity index (χ0v) is 19.3. The van der Waals surface area contributed by atoms with Crippen LogP contribution in [0.2, 0.25) is 5.02 Å². The quantitative estimate of drug-likeness (QED) is 0.581. The summed E-state index contributed by atoms with van der Waals surface area (Å²) >= 11 is 6.23. The van der Waals surface area contributed by atoms with Crippen LogP contribution in [0.4, 0.5) is 4.79 Å². The van der Waals surface area contributed by atoms with Crippen LogP contribution >= 0.6 is 11.6 Å². The lowest BCUT2D eigenvalue weighted by atomic mass is 9.70. The largest absolute Gasteiger partial charge is 0.465 e. The van der Waals surface area contributed by atoms with Gasteiger partial charge in [-0.1, -0.05) is 38.8 Å². The highest BCUT2D eigenvalue weighted by atomic mass is 35.5. The lowest BCUT2D eigenvalue weighted by Gasteiger charge is -2.46. The van der Waals surface area contributed by atoms with Crippen molar-refractivity contribution < 1.29 is 14.7 Å². The fourth-order valence-electron chi connectivity index (χ4n) is 5.79. The summed E-state index contributed by atoms with van der Waals surface area (Å²) in [5.41, 5.74) is 0.795. The van der Waals surface area contributed by atoms with Crippen LogP contribution in [0.3, 0.4) is 0 Å². The molecule has 1 aromatic carbocycles. The Balaban J connectivity index is 1.55. The number of hydrogen-bond donors (Lipinski definition) is 3. The highest BCUT2D eigenvalue weighted by molar-refractivity contribution is 6.31. The number of likely N-dealkylation sites (tertiary alicyclic amines) is 1. The Morgan fingerprint density at radius 1 is 1.26 bits per heavy atom. The zero-order valence-electron chi connectivity index (χ0n) is 18.5. The highest BCUT2D eigenvalue weighted by Crippen LogP contribution is 2.45. The van der Waals surface area contributed by atoms with E-state index in [-0.39, 0.29) is 11.9 Å². The third-order valence-corrected chi connectivity index (χ3v) is 7.59. The van der Waals surface area contributed by atoms with Crippen LogP contribution in [0, 0.1) is 5.41 Å². The fourth-order valence-corrected chi connectivity index (χ4v) is 5.97. The molecule has 2 aliphatic rings. The Morgan fingerprint density at radius 3 is 2.74 bits per heavy atom. The SMILES string of the molecule is CC(C)(C)C1(C(=O)N[C@H]2CCC[C@@H](c3c[nH]c4ccc(Cl)cc34)C2)CCCN1C(=O)O. The van der Waals surface area contributed by atoms with Crippen LogP contribution in [0.5, 0.6) is 0 Å². The van der Waals surface area contributed by atoms with Crippen molar-refractivity contribution in [1.82, 2.24) is 15.2 Å². The standard InChI is InChI=1S/C24H32ClN3O3/c1-23(2,3)24(10-5-11-28(24)22(30)31)21(29)27-17-7-4-6-15(12-17)19-14-26-20-9-8-16(25)13-18(19)20/h8-9,13-15,17,26H,4-7,10-12H2,1-3H3,(H,27,29)(H,30,31)/t15-,17+,24?/m1/s1. The third-order valence-electron chi connectivity index (χ3n) is 7.35. The molecule has 2 fully saturated rings. The van der Waals surface area contributed by atoms with Gasteiger partial charge in [0.15, 0.2) is 0 Å². The van der Waals surface area contributed by atoms with Gasteiger partial charge in [-0.25, -0.2) is 4.79 Å². The Kier molecular flexibility index (Phi) is 5.71. The fraction of sp³-hybridized carbons (Fsp3) is 0.583. The molecule has 3 atom stereocenters. The molecular weight excluding hydrogens is 414 g/mol. The van der Waals surface area contributed by atoms with Gasteiger partial charge in [0.1, 0.15) is 5.54 Å². The van der Waals surface area contributed by atoms with Gasteiger partial charge in [0, 0.05) is 34.7 Å². The number of H-pyrrole nitrogens is 1. The number of fused-ring (bicyclic) bond motifs is 1. The second kappa shape index (κ2) is 8.05. The lowest BCUT2D eigenvalue weighted by molar-refractivity contribution is -0.138. The minimum absolute atomic E-state index is 0.0332. The van der Waals surface area contributed by atoms with E-state index in [9.17, 15) is 14.7 Å². The third kappa shape index (κ3) is 3.79. The van der Waals surface area contributed by atoms with E-state index in [2.05, 4.69) is 16.5 Å². The monoisotopic (exact) mass is 445 g/mol. The second-order valence-corrected chi connectivity index (χ2v) is 10.6. The maximum atomic E-state index is 13.6. The summed E-state index contributed by atoms with van der Waals surface area (Å²) in [7, 11) is 0. The number of halogens is 1. The van der Waals surface area contributed by atoms with Crippen molar-refractivity contribution in [3.8, 4) is 0 Å². The van der Waals surface area contributed by atoms with E-state index in [1.807, 2.05) is 39.0 Å². The van der Waals surface area contributed by atoms with Gasteiger partial charge in [-0.15, -0.1) is 0 Å². The predicted molar refractivity (Wildman–Crippen MR) is 123 cm³/mol. The van der Waals surface area contributed by atoms with E-state index >= 15 is 0 Å². The molecule has 2 aromatic rings. The summed E-state index contributed by atoms with van der Waals surface area (Å²) in [4.78, 5) is 30.3. The molecular formula is C24H32ClN3O3. The number of rotatable bonds is 3. The molecule has 0 bridgehead atoms. The van der Waals surface area contributed by atoms with Crippen LogP contribution in [0.25, 0.3) is 10.9 Å². The van der Waals surface area contributed by atoms with Gasteiger partial charge < -0.3 is 15.4 Å². The van der Waals surface area contributed by atoms with Gasteiger partial charge in [-0.05, 0) is 67.2 Å². The first-order chi connectivity index (χ1) is 14.6. The smallest absolute Gasteiger partial charge is 0.408 e. The number of nitrogens with zero attached hydrogens (tertiary/aromatic N) is 1. The van der Waals surface area contributed by atoms with E-state index in [1.54, 1.807) is 0 Å². The molecule has 4 rings (SSSR count). The van der Waals surface area contributed by atoms with Crippen LogP contribution in [0.15, 0.2) is 24.4 Å². The number of benzene rings is 1. The molecule has 1 aromatic heterocycles. The zero-order chi connectivity index (χ0) is 22.4. The topological polar surface area (TPSA) is 85.4 Å². The average molecular weight is 446 g/mol.